The van der Waals surface area contributed by atoms with E-state index in [1.165, 1.54) is 28.5 Å². The molecule has 0 saturated carbocycles. The van der Waals surface area contributed by atoms with Gasteiger partial charge in [0.2, 0.25) is 16.0 Å². The van der Waals surface area contributed by atoms with Gasteiger partial charge in [-0.15, -0.1) is 0 Å². The van der Waals surface area contributed by atoms with Crippen LogP contribution in [-0.2, 0) is 22.9 Å². The minimum absolute atomic E-state index is 0.484. The van der Waals surface area contributed by atoms with Crippen molar-refractivity contribution in [1.82, 2.24) is 14.3 Å². The van der Waals surface area contributed by atoms with Crippen LogP contribution in [0.1, 0.15) is 36.5 Å². The van der Waals surface area contributed by atoms with E-state index in [4.69, 9.17) is 0 Å². The van der Waals surface area contributed by atoms with Crippen molar-refractivity contribution in [2.24, 2.45) is 5.92 Å². The van der Waals surface area contributed by atoms with Crippen molar-refractivity contribution in [2.45, 2.75) is 32.6 Å². The lowest BCUT2D eigenvalue weighted by molar-refractivity contribution is 0.274. The molecule has 2 aromatic carbocycles. The zero-order valence-electron chi connectivity index (χ0n) is 20.2. The zero-order valence-corrected chi connectivity index (χ0v) is 21.0. The van der Waals surface area contributed by atoms with Crippen LogP contribution in [0.15, 0.2) is 60.3 Å². The summed E-state index contributed by atoms with van der Waals surface area (Å²) >= 11 is 0. The molecule has 1 saturated heterocycles. The van der Waals surface area contributed by atoms with E-state index in [0.29, 0.717) is 25.0 Å². The normalized spacial score (nSPS) is 16.6. The summed E-state index contributed by atoms with van der Waals surface area (Å²) in [6, 6.07) is 16.6. The SMILES string of the molecule is CC1=Cc2cc(Nc3ccnc(Nc4cccc(CC5CCN(S(C)(=O)=O)CC5)c4)n3)ccc2C1. The van der Waals surface area contributed by atoms with E-state index in [9.17, 15) is 8.42 Å². The summed E-state index contributed by atoms with van der Waals surface area (Å²) in [5.74, 6) is 1.75. The molecule has 5 rings (SSSR count). The number of benzene rings is 2. The zero-order chi connectivity index (χ0) is 24.4. The summed E-state index contributed by atoms with van der Waals surface area (Å²) in [4.78, 5) is 9.02. The molecule has 1 aliphatic carbocycles. The quantitative estimate of drug-likeness (QED) is 0.478. The molecule has 0 unspecified atom stereocenters. The molecule has 0 amide bonds. The molecule has 182 valence electrons. The van der Waals surface area contributed by atoms with E-state index in [1.54, 1.807) is 10.5 Å². The van der Waals surface area contributed by atoms with Crippen molar-refractivity contribution in [1.29, 1.82) is 0 Å². The molecule has 35 heavy (non-hydrogen) atoms. The molecule has 3 aromatic rings. The second-order valence-corrected chi connectivity index (χ2v) is 11.6. The van der Waals surface area contributed by atoms with Crippen LogP contribution in [0.2, 0.25) is 0 Å². The Morgan fingerprint density at radius 3 is 2.63 bits per heavy atom. The number of anilines is 4. The molecule has 2 heterocycles. The van der Waals surface area contributed by atoms with Gasteiger partial charge in [0.25, 0.3) is 0 Å². The first-order valence-corrected chi connectivity index (χ1v) is 13.9. The smallest absolute Gasteiger partial charge is 0.229 e. The van der Waals surface area contributed by atoms with Crippen molar-refractivity contribution in [2.75, 3.05) is 30.0 Å². The summed E-state index contributed by atoms with van der Waals surface area (Å²) < 4.78 is 25.1. The van der Waals surface area contributed by atoms with Gasteiger partial charge in [-0.3, -0.25) is 0 Å². The van der Waals surface area contributed by atoms with Gasteiger partial charge in [-0.25, -0.2) is 17.7 Å². The van der Waals surface area contributed by atoms with E-state index in [0.717, 1.165) is 42.9 Å². The van der Waals surface area contributed by atoms with Crippen molar-refractivity contribution in [3.63, 3.8) is 0 Å². The van der Waals surface area contributed by atoms with Gasteiger partial charge in [0.15, 0.2) is 0 Å². The third kappa shape index (κ3) is 5.89. The molecule has 8 heteroatoms. The fourth-order valence-electron chi connectivity index (χ4n) is 4.90. The van der Waals surface area contributed by atoms with Gasteiger partial charge in [0.1, 0.15) is 5.82 Å². The Morgan fingerprint density at radius 1 is 1.03 bits per heavy atom. The molecular weight excluding hydrogens is 458 g/mol. The van der Waals surface area contributed by atoms with E-state index >= 15 is 0 Å². The first kappa shape index (κ1) is 23.5. The Balaban J connectivity index is 1.22. The van der Waals surface area contributed by atoms with Gasteiger partial charge < -0.3 is 10.6 Å². The Kier molecular flexibility index (Phi) is 6.58. The second kappa shape index (κ2) is 9.79. The summed E-state index contributed by atoms with van der Waals surface area (Å²) in [6.07, 6.45) is 9.00. The van der Waals surface area contributed by atoms with E-state index in [1.807, 2.05) is 18.2 Å². The number of fused-ring (bicyclic) bond motifs is 1. The lowest BCUT2D eigenvalue weighted by atomic mass is 9.91. The Hall–Kier alpha value is -3.23. The van der Waals surface area contributed by atoms with Crippen LogP contribution in [-0.4, -0.2) is 42.0 Å². The number of hydrogen-bond donors (Lipinski definition) is 2. The van der Waals surface area contributed by atoms with Gasteiger partial charge in [-0.1, -0.05) is 29.8 Å². The minimum atomic E-state index is -3.09. The van der Waals surface area contributed by atoms with Gasteiger partial charge >= 0.3 is 0 Å². The van der Waals surface area contributed by atoms with Crippen molar-refractivity contribution < 1.29 is 8.42 Å². The highest BCUT2D eigenvalue weighted by Gasteiger charge is 2.25. The molecule has 0 atom stereocenters. The first-order chi connectivity index (χ1) is 16.8. The molecular formula is C27H31N5O2S. The van der Waals surface area contributed by atoms with Crippen molar-refractivity contribution in [3.8, 4) is 0 Å². The first-order valence-electron chi connectivity index (χ1n) is 12.0. The maximum Gasteiger partial charge on any atom is 0.229 e. The molecule has 1 aromatic heterocycles. The lowest BCUT2D eigenvalue weighted by Gasteiger charge is -2.30. The predicted octanol–water partition coefficient (Wildman–Crippen LogP) is 5.14. The van der Waals surface area contributed by atoms with Crippen LogP contribution in [0.5, 0.6) is 0 Å². The number of rotatable bonds is 7. The number of aromatic nitrogens is 2. The van der Waals surface area contributed by atoms with Crippen molar-refractivity contribution >= 4 is 39.2 Å². The average Bonchev–Trinajstić information content (AvgIpc) is 3.19. The van der Waals surface area contributed by atoms with Gasteiger partial charge in [0, 0.05) is 30.7 Å². The number of hydrogen-bond acceptors (Lipinski definition) is 6. The fourth-order valence-corrected chi connectivity index (χ4v) is 5.78. The monoisotopic (exact) mass is 489 g/mol. The molecule has 2 aliphatic rings. The number of nitrogens with one attached hydrogen (secondary N) is 2. The van der Waals surface area contributed by atoms with Gasteiger partial charge in [-0.2, -0.15) is 4.98 Å². The molecule has 1 fully saturated rings. The summed E-state index contributed by atoms with van der Waals surface area (Å²) in [5, 5.41) is 6.71. The lowest BCUT2D eigenvalue weighted by Crippen LogP contribution is -2.38. The van der Waals surface area contributed by atoms with Crippen LogP contribution < -0.4 is 10.6 Å². The number of piperidine rings is 1. The Labute approximate surface area is 207 Å². The molecule has 0 radical (unpaired) electrons. The summed E-state index contributed by atoms with van der Waals surface area (Å²) in [6.45, 7) is 3.37. The summed E-state index contributed by atoms with van der Waals surface area (Å²) in [5.41, 5.74) is 7.17. The highest BCUT2D eigenvalue weighted by molar-refractivity contribution is 7.88. The molecule has 7 nitrogen and oxygen atoms in total. The standard InChI is InChI=1S/C27H31N5O2S/c1-19-14-22-6-7-25(18-23(22)15-19)29-26-8-11-28-27(31-26)30-24-5-3-4-21(17-24)16-20-9-12-32(13-10-20)35(2,33)34/h3-8,11,15,17-18,20H,9-10,12-14,16H2,1-2H3,(H2,28,29,30,31). The number of nitrogens with zero attached hydrogens (tertiary/aromatic N) is 3. The van der Waals surface area contributed by atoms with Crippen LogP contribution in [0.25, 0.3) is 6.08 Å². The molecule has 1 aliphatic heterocycles. The van der Waals surface area contributed by atoms with Crippen LogP contribution in [0.3, 0.4) is 0 Å². The Bertz CT molecular complexity index is 1360. The highest BCUT2D eigenvalue weighted by Crippen LogP contribution is 2.29. The molecule has 0 spiro atoms. The second-order valence-electron chi connectivity index (χ2n) is 9.61. The largest absolute Gasteiger partial charge is 0.340 e. The maximum absolute atomic E-state index is 11.8. The third-order valence-electron chi connectivity index (χ3n) is 6.70. The van der Waals surface area contributed by atoms with Gasteiger partial charge in [-0.05, 0) is 85.5 Å². The average molecular weight is 490 g/mol. The van der Waals surface area contributed by atoms with Crippen LogP contribution in [0, 0.1) is 5.92 Å². The van der Waals surface area contributed by atoms with Crippen molar-refractivity contribution in [3.05, 3.63) is 77.0 Å². The molecule has 0 bridgehead atoms. The van der Waals surface area contributed by atoms with E-state index in [-0.39, 0.29) is 0 Å². The predicted molar refractivity (Wildman–Crippen MR) is 142 cm³/mol. The fraction of sp³-hybridized carbons (Fsp3) is 0.333. The Morgan fingerprint density at radius 2 is 1.83 bits per heavy atom. The van der Waals surface area contributed by atoms with E-state index < -0.39 is 10.0 Å². The van der Waals surface area contributed by atoms with E-state index in [2.05, 4.69) is 63.9 Å². The molecule has 2 N–H and O–H groups in total. The van der Waals surface area contributed by atoms with Crippen LogP contribution >= 0.6 is 0 Å². The summed E-state index contributed by atoms with van der Waals surface area (Å²) in [7, 11) is -3.09. The minimum Gasteiger partial charge on any atom is -0.340 e. The van der Waals surface area contributed by atoms with Crippen LogP contribution in [0.4, 0.5) is 23.1 Å². The third-order valence-corrected chi connectivity index (χ3v) is 8.00. The highest BCUT2D eigenvalue weighted by atomic mass is 32.2. The number of allylic oxidation sites excluding steroid dienone is 1. The topological polar surface area (TPSA) is 87.2 Å². The maximum atomic E-state index is 11.8. The number of sulfonamides is 1. The van der Waals surface area contributed by atoms with Gasteiger partial charge in [0.05, 0.1) is 6.26 Å².